The number of piperidine rings is 1. The molecule has 2 aliphatic rings. The second kappa shape index (κ2) is 8.07. The number of likely N-dealkylation sites (tertiary alicyclic amines) is 1. The molecule has 1 saturated heterocycles. The predicted octanol–water partition coefficient (Wildman–Crippen LogP) is 4.49. The van der Waals surface area contributed by atoms with Crippen LogP contribution in [0.25, 0.3) is 21.9 Å². The van der Waals surface area contributed by atoms with Gasteiger partial charge in [-0.15, -0.1) is 0 Å². The molecule has 1 N–H and O–H groups in total. The van der Waals surface area contributed by atoms with Gasteiger partial charge in [0, 0.05) is 48.8 Å². The van der Waals surface area contributed by atoms with E-state index in [2.05, 4.69) is 47.7 Å². The van der Waals surface area contributed by atoms with Crippen molar-refractivity contribution in [3.05, 3.63) is 59.4 Å². The lowest BCUT2D eigenvalue weighted by molar-refractivity contribution is -0.225. The van der Waals surface area contributed by atoms with Crippen LogP contribution in [0.2, 0.25) is 0 Å². The first kappa shape index (κ1) is 20.7. The fourth-order valence-electron chi connectivity index (χ4n) is 4.65. The zero-order valence-electron chi connectivity index (χ0n) is 18.6. The molecule has 32 heavy (non-hydrogen) atoms. The normalized spacial score (nSPS) is 17.2. The number of pyridine rings is 1. The predicted molar refractivity (Wildman–Crippen MR) is 121 cm³/mol. The van der Waals surface area contributed by atoms with Gasteiger partial charge in [-0.05, 0) is 60.2 Å². The number of hydrogen-bond donors (Lipinski definition) is 1. The summed E-state index contributed by atoms with van der Waals surface area (Å²) < 4.78 is 12.7. The highest BCUT2D eigenvalue weighted by molar-refractivity contribution is 5.89. The maximum Gasteiger partial charge on any atom is 0.341 e. The van der Waals surface area contributed by atoms with Crippen LogP contribution in [-0.4, -0.2) is 41.9 Å². The van der Waals surface area contributed by atoms with Gasteiger partial charge in [-0.25, -0.2) is 10.3 Å². The van der Waals surface area contributed by atoms with Crippen LogP contribution < -0.4 is 10.2 Å². The molecule has 0 radical (unpaired) electrons. The molecule has 3 aromatic rings. The Balaban J connectivity index is 1.38. The first-order valence-electron chi connectivity index (χ1n) is 10.9. The Morgan fingerprint density at radius 2 is 1.94 bits per heavy atom. The summed E-state index contributed by atoms with van der Waals surface area (Å²) in [5.41, 5.74) is 7.85. The van der Waals surface area contributed by atoms with Gasteiger partial charge in [0.05, 0.1) is 13.7 Å². The average molecular weight is 434 g/mol. The lowest BCUT2D eigenvalue weighted by Gasteiger charge is -2.44. The van der Waals surface area contributed by atoms with Crippen LogP contribution in [0.3, 0.4) is 0 Å². The minimum atomic E-state index is -0.684. The largest absolute Gasteiger partial charge is 0.462 e. The van der Waals surface area contributed by atoms with Crippen LogP contribution in [-0.2, 0) is 16.2 Å². The molecule has 3 heterocycles. The van der Waals surface area contributed by atoms with E-state index in [1.807, 2.05) is 19.2 Å². The summed E-state index contributed by atoms with van der Waals surface area (Å²) in [6.45, 7) is 5.70. The fourth-order valence-corrected chi connectivity index (χ4v) is 4.65. The molecule has 0 saturated carbocycles. The Morgan fingerprint density at radius 1 is 1.12 bits per heavy atom. The molecule has 1 aromatic heterocycles. The average Bonchev–Trinajstić information content (AvgIpc) is 2.80. The van der Waals surface area contributed by atoms with E-state index >= 15 is 0 Å². The number of benzene rings is 2. The van der Waals surface area contributed by atoms with Crippen LogP contribution in [0.15, 0.2) is 42.6 Å². The van der Waals surface area contributed by atoms with Gasteiger partial charge in [0.25, 0.3) is 0 Å². The minimum absolute atomic E-state index is 0.235. The Bertz CT molecular complexity index is 1190. The van der Waals surface area contributed by atoms with E-state index in [1.165, 1.54) is 17.9 Å². The van der Waals surface area contributed by atoms with Crippen molar-refractivity contribution in [2.24, 2.45) is 0 Å². The number of ether oxygens (including phenoxy) is 2. The first-order valence-corrected chi connectivity index (χ1v) is 10.9. The zero-order chi connectivity index (χ0) is 22.3. The highest BCUT2D eigenvalue weighted by Gasteiger charge is 2.42. The van der Waals surface area contributed by atoms with Crippen LogP contribution in [0.5, 0.6) is 5.75 Å². The van der Waals surface area contributed by atoms with Crippen molar-refractivity contribution in [2.75, 3.05) is 20.2 Å². The van der Waals surface area contributed by atoms with E-state index in [0.717, 1.165) is 33.7 Å². The lowest BCUT2D eigenvalue weighted by Crippen LogP contribution is -2.54. The van der Waals surface area contributed by atoms with E-state index in [9.17, 15) is 4.79 Å². The number of hydroxylamine groups is 1. The van der Waals surface area contributed by atoms with E-state index in [1.54, 1.807) is 4.90 Å². The fraction of sp³-hybridized carbons (Fsp3) is 0.360. The molecule has 0 bridgehead atoms. The summed E-state index contributed by atoms with van der Waals surface area (Å²) in [5, 5.41) is 2.35. The van der Waals surface area contributed by atoms with Crippen molar-refractivity contribution in [1.82, 2.24) is 15.4 Å². The summed E-state index contributed by atoms with van der Waals surface area (Å²) in [4.78, 5) is 22.8. The summed E-state index contributed by atoms with van der Waals surface area (Å²) >= 11 is 0. The highest BCUT2D eigenvalue weighted by atomic mass is 16.7. The number of amides is 2. The van der Waals surface area contributed by atoms with Crippen molar-refractivity contribution in [1.29, 1.82) is 0 Å². The molecular weight excluding hydrogens is 406 g/mol. The maximum atomic E-state index is 12.0. The number of aromatic nitrogens is 1. The lowest BCUT2D eigenvalue weighted by atomic mass is 9.95. The number of aryl methyl sites for hydroxylation is 2. The zero-order valence-corrected chi connectivity index (χ0v) is 18.6. The minimum Gasteiger partial charge on any atom is -0.462 e. The number of nitrogens with zero attached hydrogens (tertiary/aromatic N) is 2. The second-order valence-corrected chi connectivity index (χ2v) is 8.51. The van der Waals surface area contributed by atoms with Crippen molar-refractivity contribution < 1.29 is 19.1 Å². The van der Waals surface area contributed by atoms with E-state index < -0.39 is 5.79 Å². The number of fused-ring (bicyclic) bond motifs is 2. The maximum absolute atomic E-state index is 12.0. The van der Waals surface area contributed by atoms with Crippen molar-refractivity contribution in [3.8, 4) is 16.9 Å². The molecule has 0 unspecified atom stereocenters. The van der Waals surface area contributed by atoms with E-state index in [-0.39, 0.29) is 6.03 Å². The van der Waals surface area contributed by atoms with Crippen molar-refractivity contribution in [2.45, 2.75) is 39.1 Å². The molecular formula is C25H27N3O4. The Labute approximate surface area is 187 Å². The molecule has 166 valence electrons. The summed E-state index contributed by atoms with van der Waals surface area (Å²) in [5.74, 6) is 0.215. The molecule has 0 atom stereocenters. The van der Waals surface area contributed by atoms with Gasteiger partial charge in [-0.3, -0.25) is 9.82 Å². The molecule has 1 spiro atoms. The number of carbonyl (C=O) groups excluding carboxylic acids is 1. The topological polar surface area (TPSA) is 72.9 Å². The van der Waals surface area contributed by atoms with Gasteiger partial charge < -0.3 is 14.4 Å². The molecule has 2 aromatic carbocycles. The molecule has 7 heteroatoms. The standard InChI is InChI=1S/C25H27N3O4/c1-16-12-20(18-4-5-22-17(2)26-9-6-19(22)13-18)14-21-15-31-25(32-23(16)21)7-10-28(11-8-25)24(29)27-30-3/h4-6,9,12-14H,7-8,10-11,15H2,1-3H3,(H,27,29). The van der Waals surface area contributed by atoms with Gasteiger partial charge in [0.2, 0.25) is 5.79 Å². The van der Waals surface area contributed by atoms with Gasteiger partial charge >= 0.3 is 6.03 Å². The molecule has 1 fully saturated rings. The Morgan fingerprint density at radius 3 is 2.72 bits per heavy atom. The van der Waals surface area contributed by atoms with E-state index in [0.29, 0.717) is 32.5 Å². The number of urea groups is 1. The highest BCUT2D eigenvalue weighted by Crippen LogP contribution is 2.41. The number of carbonyl (C=O) groups is 1. The summed E-state index contributed by atoms with van der Waals surface area (Å²) in [6, 6.07) is 12.6. The number of nitrogens with one attached hydrogen (secondary N) is 1. The van der Waals surface area contributed by atoms with Crippen molar-refractivity contribution >= 4 is 16.8 Å². The second-order valence-electron chi connectivity index (χ2n) is 8.51. The first-order chi connectivity index (χ1) is 15.5. The van der Waals surface area contributed by atoms with Gasteiger partial charge in [-0.2, -0.15) is 0 Å². The Hall–Kier alpha value is -3.16. The molecule has 0 aliphatic carbocycles. The third-order valence-corrected chi connectivity index (χ3v) is 6.43. The number of hydrogen-bond acceptors (Lipinski definition) is 5. The monoisotopic (exact) mass is 433 g/mol. The third kappa shape index (κ3) is 3.67. The molecule has 5 rings (SSSR count). The van der Waals surface area contributed by atoms with Gasteiger partial charge in [0.1, 0.15) is 5.75 Å². The van der Waals surface area contributed by atoms with Crippen molar-refractivity contribution in [3.63, 3.8) is 0 Å². The molecule has 2 amide bonds. The number of rotatable bonds is 2. The summed E-state index contributed by atoms with van der Waals surface area (Å²) in [6.07, 6.45) is 3.08. The smallest absolute Gasteiger partial charge is 0.341 e. The molecule has 2 aliphatic heterocycles. The molecule has 7 nitrogen and oxygen atoms in total. The Kier molecular flexibility index (Phi) is 5.23. The van der Waals surface area contributed by atoms with Crippen LogP contribution >= 0.6 is 0 Å². The summed E-state index contributed by atoms with van der Waals surface area (Å²) in [7, 11) is 1.43. The third-order valence-electron chi connectivity index (χ3n) is 6.43. The van der Waals surface area contributed by atoms with Gasteiger partial charge in [0.15, 0.2) is 0 Å². The van der Waals surface area contributed by atoms with Crippen LogP contribution in [0.1, 0.15) is 29.7 Å². The SMILES string of the molecule is CONC(=O)N1CCC2(CC1)OCc1cc(-c3ccc4c(C)nccc4c3)cc(C)c1O2. The van der Waals surface area contributed by atoms with Gasteiger partial charge in [-0.1, -0.05) is 12.1 Å². The van der Waals surface area contributed by atoms with Crippen LogP contribution in [0.4, 0.5) is 4.79 Å². The van der Waals surface area contributed by atoms with Crippen LogP contribution in [0, 0.1) is 13.8 Å². The van der Waals surface area contributed by atoms with E-state index in [4.69, 9.17) is 14.3 Å². The quantitative estimate of drug-likeness (QED) is 0.603.